The first-order chi connectivity index (χ1) is 7.23. The van der Waals surface area contributed by atoms with Crippen molar-refractivity contribution in [3.63, 3.8) is 0 Å². The van der Waals surface area contributed by atoms with Crippen LogP contribution in [0.1, 0.15) is 46.5 Å². The summed E-state index contributed by atoms with van der Waals surface area (Å²) in [4.78, 5) is 4.83. The topological polar surface area (TPSA) is 14.1 Å². The molecule has 1 unspecified atom stereocenters. The SMILES string of the molecule is CC(C)(C)[N-][Si](C)(Cl)C1CCCC1.[Cl][Ti][Cl]. The van der Waals surface area contributed by atoms with Crippen LogP contribution in [0.25, 0.3) is 4.98 Å². The molecule has 1 fully saturated rings. The summed E-state index contributed by atoms with van der Waals surface area (Å²) in [5.74, 6) is 0. The van der Waals surface area contributed by atoms with Crippen molar-refractivity contribution >= 4 is 37.2 Å². The zero-order valence-corrected chi connectivity index (χ0v) is 15.3. The Kier molecular flexibility index (Phi) is 8.92. The molecule has 0 aromatic rings. The molecule has 0 spiro atoms. The molecule has 1 rings (SSSR count). The van der Waals surface area contributed by atoms with Crippen molar-refractivity contribution < 1.29 is 17.0 Å². The fourth-order valence-electron chi connectivity index (χ4n) is 2.20. The van der Waals surface area contributed by atoms with Crippen LogP contribution in [-0.2, 0) is 17.0 Å². The molecule has 0 bridgehead atoms. The Hall–Kier alpha value is 1.76. The van der Waals surface area contributed by atoms with Crippen molar-refractivity contribution in [2.24, 2.45) is 0 Å². The molecule has 96 valence electrons. The molecule has 1 aliphatic carbocycles. The van der Waals surface area contributed by atoms with Gasteiger partial charge in [-0.3, -0.25) is 0 Å². The zero-order valence-electron chi connectivity index (χ0n) is 10.5. The van der Waals surface area contributed by atoms with Gasteiger partial charge in [0.2, 0.25) is 0 Å². The molecule has 1 saturated carbocycles. The summed E-state index contributed by atoms with van der Waals surface area (Å²) in [6, 6.07) is 0. The molecule has 1 aliphatic rings. The van der Waals surface area contributed by atoms with Gasteiger partial charge in [0, 0.05) is 7.55 Å². The van der Waals surface area contributed by atoms with Crippen LogP contribution in [0.3, 0.4) is 0 Å². The second kappa shape index (κ2) is 8.04. The molecule has 0 heterocycles. The van der Waals surface area contributed by atoms with E-state index in [9.17, 15) is 0 Å². The fourth-order valence-corrected chi connectivity index (χ4v) is 6.57. The van der Waals surface area contributed by atoms with Crippen LogP contribution in [0.5, 0.6) is 0 Å². The predicted octanol–water partition coefficient (Wildman–Crippen LogP) is 5.79. The van der Waals surface area contributed by atoms with Crippen molar-refractivity contribution in [3.8, 4) is 0 Å². The van der Waals surface area contributed by atoms with E-state index in [1.165, 1.54) is 25.7 Å². The van der Waals surface area contributed by atoms with E-state index in [-0.39, 0.29) is 5.54 Å². The molecule has 0 aromatic carbocycles. The van der Waals surface area contributed by atoms with Gasteiger partial charge in [-0.1, -0.05) is 53.0 Å². The summed E-state index contributed by atoms with van der Waals surface area (Å²) in [6.07, 6.45) is 5.34. The van der Waals surface area contributed by atoms with Crippen molar-refractivity contribution in [1.29, 1.82) is 0 Å². The van der Waals surface area contributed by atoms with E-state index in [4.69, 9.17) is 34.7 Å². The number of hydrogen-bond acceptors (Lipinski definition) is 0. The number of nitrogens with zero attached hydrogens (tertiary/aromatic N) is 1. The second-order valence-electron chi connectivity index (χ2n) is 5.36. The summed E-state index contributed by atoms with van der Waals surface area (Å²) in [7, 11) is 7.97. The molecule has 0 saturated heterocycles. The van der Waals surface area contributed by atoms with Gasteiger partial charge >= 0.3 is 35.6 Å². The van der Waals surface area contributed by atoms with E-state index in [0.717, 1.165) is 5.54 Å². The Balaban J connectivity index is 0.000000673. The maximum atomic E-state index is 6.60. The van der Waals surface area contributed by atoms with Crippen LogP contribution in [-0.4, -0.2) is 13.1 Å². The van der Waals surface area contributed by atoms with E-state index in [0.29, 0.717) is 0 Å². The van der Waals surface area contributed by atoms with E-state index in [1.807, 2.05) is 0 Å². The Bertz CT molecular complexity index is 191. The van der Waals surface area contributed by atoms with Gasteiger partial charge in [0.25, 0.3) is 0 Å². The quantitative estimate of drug-likeness (QED) is 0.447. The van der Waals surface area contributed by atoms with Gasteiger partial charge in [-0.05, 0) is 5.54 Å². The van der Waals surface area contributed by atoms with Crippen LogP contribution in [0.4, 0.5) is 0 Å². The molecule has 16 heavy (non-hydrogen) atoms. The summed E-state index contributed by atoms with van der Waals surface area (Å²) < 4.78 is 0. The molecule has 0 aliphatic heterocycles. The van der Waals surface area contributed by atoms with Crippen LogP contribution >= 0.6 is 29.7 Å². The molecular formula is C10H21Cl3NSiTi-. The number of rotatable bonds is 2. The second-order valence-corrected chi connectivity index (χ2v) is 13.3. The van der Waals surface area contributed by atoms with E-state index in [2.05, 4.69) is 27.3 Å². The van der Waals surface area contributed by atoms with Gasteiger partial charge in [0.1, 0.15) is 0 Å². The van der Waals surface area contributed by atoms with Crippen LogP contribution in [0.15, 0.2) is 0 Å². The van der Waals surface area contributed by atoms with Crippen molar-refractivity contribution in [3.05, 3.63) is 4.98 Å². The Morgan fingerprint density at radius 2 is 1.56 bits per heavy atom. The molecule has 1 nitrogen and oxygen atoms in total. The number of halogens is 3. The molecular weight excluding hydrogens is 316 g/mol. The van der Waals surface area contributed by atoms with Gasteiger partial charge in [-0.2, -0.15) is 11.1 Å². The third kappa shape index (κ3) is 7.97. The Labute approximate surface area is 122 Å². The van der Waals surface area contributed by atoms with E-state index < -0.39 is 24.6 Å². The first kappa shape index (κ1) is 17.8. The van der Waals surface area contributed by atoms with Crippen LogP contribution in [0.2, 0.25) is 12.1 Å². The first-order valence-corrected chi connectivity index (χ1v) is 13.5. The molecule has 0 aromatic heterocycles. The minimum atomic E-state index is -1.81. The standard InChI is InChI=1S/C10H21ClNSi.2ClH.Ti/c1-10(2,3)12-13(4,11)9-7-5-6-8-9;;;/h9H,5-8H2,1-4H3;2*1H;/q-1;;;+2/p-2. The Morgan fingerprint density at radius 1 is 1.19 bits per heavy atom. The first-order valence-electron chi connectivity index (χ1n) is 5.62. The van der Waals surface area contributed by atoms with Gasteiger partial charge in [0.15, 0.2) is 0 Å². The maximum absolute atomic E-state index is 6.60. The molecule has 0 N–H and O–H groups in total. The van der Waals surface area contributed by atoms with Gasteiger partial charge < -0.3 is 4.98 Å². The third-order valence-electron chi connectivity index (χ3n) is 2.65. The van der Waals surface area contributed by atoms with Gasteiger partial charge in [-0.25, -0.2) is 0 Å². The predicted molar refractivity (Wildman–Crippen MR) is 74.5 cm³/mol. The molecule has 6 heteroatoms. The molecule has 0 radical (unpaired) electrons. The van der Waals surface area contributed by atoms with E-state index >= 15 is 0 Å². The molecule has 0 amide bonds. The average molecular weight is 338 g/mol. The van der Waals surface area contributed by atoms with Crippen LogP contribution in [0, 0.1) is 0 Å². The van der Waals surface area contributed by atoms with Crippen LogP contribution < -0.4 is 0 Å². The van der Waals surface area contributed by atoms with Crippen molar-refractivity contribution in [2.75, 3.05) is 0 Å². The Morgan fingerprint density at radius 3 is 1.88 bits per heavy atom. The summed E-state index contributed by atoms with van der Waals surface area (Å²) >= 11 is 6.04. The summed E-state index contributed by atoms with van der Waals surface area (Å²) in [5, 5.41) is 0. The fraction of sp³-hybridized carbons (Fsp3) is 1.00. The number of hydrogen-bond donors (Lipinski definition) is 0. The summed E-state index contributed by atoms with van der Waals surface area (Å²) in [5.41, 5.74) is 0.777. The third-order valence-corrected chi connectivity index (χ3v) is 7.01. The van der Waals surface area contributed by atoms with E-state index in [1.54, 1.807) is 0 Å². The normalized spacial score (nSPS) is 20.9. The van der Waals surface area contributed by atoms with Gasteiger partial charge in [0.05, 0.1) is 0 Å². The van der Waals surface area contributed by atoms with Crippen molar-refractivity contribution in [2.45, 2.75) is 64.1 Å². The average Bonchev–Trinajstić information content (AvgIpc) is 2.51. The molecule has 1 atom stereocenters. The minimum absolute atomic E-state index is 0.0469. The zero-order chi connectivity index (χ0) is 12.8. The van der Waals surface area contributed by atoms with Gasteiger partial charge in [-0.15, -0.1) is 5.54 Å². The van der Waals surface area contributed by atoms with Crippen molar-refractivity contribution in [1.82, 2.24) is 0 Å². The summed E-state index contributed by atoms with van der Waals surface area (Å²) in [6.45, 7) is 8.65. The monoisotopic (exact) mass is 336 g/mol.